The van der Waals surface area contributed by atoms with Gasteiger partial charge in [-0.25, -0.2) is 0 Å². The van der Waals surface area contributed by atoms with Gasteiger partial charge in [-0.1, -0.05) is 18.2 Å². The van der Waals surface area contributed by atoms with Crippen molar-refractivity contribution in [3.05, 3.63) is 51.7 Å². The first-order valence-corrected chi connectivity index (χ1v) is 8.74. The number of para-hydroxylation sites is 1. The van der Waals surface area contributed by atoms with Crippen LogP contribution in [0.4, 0.5) is 5.69 Å². The molecule has 4 nitrogen and oxygen atoms in total. The Morgan fingerprint density at radius 3 is 2.29 bits per heavy atom. The quantitative estimate of drug-likeness (QED) is 0.726. The number of benzene rings is 1. The zero-order valence-corrected chi connectivity index (χ0v) is 14.7. The van der Waals surface area contributed by atoms with Crippen molar-refractivity contribution < 1.29 is 14.4 Å². The molecule has 126 valence electrons. The number of thiophene rings is 1. The van der Waals surface area contributed by atoms with Crippen LogP contribution in [0.1, 0.15) is 45.8 Å². The third-order valence-electron chi connectivity index (χ3n) is 3.70. The molecular formula is C19H21NO3S. The summed E-state index contributed by atoms with van der Waals surface area (Å²) in [6.45, 7) is 3.86. The number of hydrogen-bond acceptors (Lipinski definition) is 4. The van der Waals surface area contributed by atoms with Crippen LogP contribution in [0.5, 0.6) is 0 Å². The van der Waals surface area contributed by atoms with Gasteiger partial charge in [0.15, 0.2) is 5.78 Å². The summed E-state index contributed by atoms with van der Waals surface area (Å²) in [6, 6.07) is 11.2. The molecular weight excluding hydrogens is 322 g/mol. The lowest BCUT2D eigenvalue weighted by atomic mass is 10.1. The van der Waals surface area contributed by atoms with Gasteiger partial charge in [-0.05, 0) is 37.6 Å². The summed E-state index contributed by atoms with van der Waals surface area (Å²) in [5.41, 5.74) is 1.74. The molecule has 0 aliphatic heterocycles. The molecule has 5 heteroatoms. The van der Waals surface area contributed by atoms with Gasteiger partial charge in [0.25, 0.3) is 0 Å². The largest absolute Gasteiger partial charge is 0.326 e. The van der Waals surface area contributed by atoms with Gasteiger partial charge < -0.3 is 5.32 Å². The fourth-order valence-electron chi connectivity index (χ4n) is 2.26. The topological polar surface area (TPSA) is 63.2 Å². The van der Waals surface area contributed by atoms with E-state index in [1.54, 1.807) is 6.07 Å². The van der Waals surface area contributed by atoms with Crippen LogP contribution >= 0.6 is 11.3 Å². The number of nitrogens with one attached hydrogen (secondary N) is 1. The van der Waals surface area contributed by atoms with Crippen LogP contribution in [0.25, 0.3) is 0 Å². The molecule has 24 heavy (non-hydrogen) atoms. The maximum absolute atomic E-state index is 12.0. The molecule has 1 heterocycles. The summed E-state index contributed by atoms with van der Waals surface area (Å²) < 4.78 is 0. The van der Waals surface area contributed by atoms with E-state index in [-0.39, 0.29) is 43.2 Å². The molecule has 1 aromatic heterocycles. The molecule has 0 fully saturated rings. The van der Waals surface area contributed by atoms with Gasteiger partial charge in [0.2, 0.25) is 5.91 Å². The van der Waals surface area contributed by atoms with E-state index in [0.29, 0.717) is 4.88 Å². The predicted molar refractivity (Wildman–Crippen MR) is 96.7 cm³/mol. The Morgan fingerprint density at radius 1 is 0.917 bits per heavy atom. The van der Waals surface area contributed by atoms with Gasteiger partial charge in [-0.3, -0.25) is 14.4 Å². The number of carbonyl (C=O) groups is 3. The molecule has 0 atom stereocenters. The normalized spacial score (nSPS) is 10.4. The Morgan fingerprint density at radius 2 is 1.62 bits per heavy atom. The molecule has 1 aromatic carbocycles. The number of aryl methyl sites for hydroxylation is 2. The van der Waals surface area contributed by atoms with Gasteiger partial charge in [-0.15, -0.1) is 11.3 Å². The second-order valence-corrected chi connectivity index (χ2v) is 7.02. The third-order valence-corrected chi connectivity index (χ3v) is 4.74. The second kappa shape index (κ2) is 8.55. The lowest BCUT2D eigenvalue weighted by molar-refractivity contribution is -0.122. The first-order chi connectivity index (χ1) is 11.5. The monoisotopic (exact) mass is 343 g/mol. The van der Waals surface area contributed by atoms with Crippen LogP contribution in [0.15, 0.2) is 36.4 Å². The summed E-state index contributed by atoms with van der Waals surface area (Å²) in [4.78, 5) is 37.5. The highest BCUT2D eigenvalue weighted by atomic mass is 32.1. The molecule has 0 unspecified atom stereocenters. The van der Waals surface area contributed by atoms with E-state index in [1.807, 2.05) is 44.2 Å². The average Bonchev–Trinajstić information content (AvgIpc) is 2.99. The van der Waals surface area contributed by atoms with Crippen molar-refractivity contribution in [3.8, 4) is 0 Å². The number of rotatable bonds is 8. The van der Waals surface area contributed by atoms with Crippen molar-refractivity contribution in [2.75, 3.05) is 5.32 Å². The first kappa shape index (κ1) is 18.1. The molecule has 0 spiro atoms. The van der Waals surface area contributed by atoms with Crippen molar-refractivity contribution in [3.63, 3.8) is 0 Å². The highest BCUT2D eigenvalue weighted by Gasteiger charge is 2.13. The van der Waals surface area contributed by atoms with Crippen LogP contribution in [-0.4, -0.2) is 17.5 Å². The molecule has 0 bridgehead atoms. The molecule has 2 rings (SSSR count). The predicted octanol–water partition coefficient (Wildman–Crippen LogP) is 4.32. The number of hydrogen-bond donors (Lipinski definition) is 1. The summed E-state index contributed by atoms with van der Waals surface area (Å²) in [5, 5.41) is 2.80. The van der Waals surface area contributed by atoms with Crippen molar-refractivity contribution >= 4 is 34.5 Å². The van der Waals surface area contributed by atoms with Crippen molar-refractivity contribution in [1.82, 2.24) is 0 Å². The van der Waals surface area contributed by atoms with Crippen molar-refractivity contribution in [2.24, 2.45) is 0 Å². The van der Waals surface area contributed by atoms with Crippen molar-refractivity contribution in [2.45, 2.75) is 39.5 Å². The Labute approximate surface area is 145 Å². The van der Waals surface area contributed by atoms with Crippen LogP contribution in [0.2, 0.25) is 0 Å². The van der Waals surface area contributed by atoms with E-state index in [9.17, 15) is 14.4 Å². The fourth-order valence-corrected chi connectivity index (χ4v) is 3.10. The van der Waals surface area contributed by atoms with Crippen molar-refractivity contribution in [1.29, 1.82) is 0 Å². The number of Topliss-reactive ketones (excluding diaryl/α,β-unsaturated/α-hetero) is 2. The van der Waals surface area contributed by atoms with Crippen LogP contribution < -0.4 is 5.32 Å². The molecule has 0 aliphatic rings. The smallest absolute Gasteiger partial charge is 0.224 e. The van der Waals surface area contributed by atoms with Crippen LogP contribution in [0.3, 0.4) is 0 Å². The maximum atomic E-state index is 12.0. The lowest BCUT2D eigenvalue weighted by Crippen LogP contribution is -2.14. The fraction of sp³-hybridized carbons (Fsp3) is 0.316. The number of carbonyl (C=O) groups excluding carboxylic acids is 3. The number of anilines is 1. The van der Waals surface area contributed by atoms with Gasteiger partial charge in [0, 0.05) is 36.2 Å². The number of ketones is 2. The summed E-state index contributed by atoms with van der Waals surface area (Å²) in [7, 11) is 0. The van der Waals surface area contributed by atoms with E-state index in [1.165, 1.54) is 11.3 Å². The molecule has 1 N–H and O–H groups in total. The standard InChI is InChI=1S/C19H21NO3S/c1-13-5-3-4-6-16(13)20-19(23)12-9-15(21)8-10-17(22)18-11-7-14(2)24-18/h3-7,11H,8-10,12H2,1-2H3,(H,20,23). The highest BCUT2D eigenvalue weighted by Crippen LogP contribution is 2.18. The van der Waals surface area contributed by atoms with E-state index >= 15 is 0 Å². The minimum absolute atomic E-state index is 0.00851. The van der Waals surface area contributed by atoms with Gasteiger partial charge in [0.1, 0.15) is 5.78 Å². The zero-order chi connectivity index (χ0) is 17.5. The molecule has 0 radical (unpaired) electrons. The molecule has 2 aromatic rings. The second-order valence-electron chi connectivity index (χ2n) is 5.74. The van der Waals surface area contributed by atoms with E-state index < -0.39 is 0 Å². The summed E-state index contributed by atoms with van der Waals surface area (Å²) >= 11 is 1.44. The minimum Gasteiger partial charge on any atom is -0.326 e. The van der Waals surface area contributed by atoms with E-state index in [0.717, 1.165) is 16.1 Å². The third kappa shape index (κ3) is 5.42. The Balaban J connectivity index is 1.72. The van der Waals surface area contributed by atoms with Crippen LogP contribution in [0, 0.1) is 13.8 Å². The first-order valence-electron chi connectivity index (χ1n) is 7.92. The Hall–Kier alpha value is -2.27. The highest BCUT2D eigenvalue weighted by molar-refractivity contribution is 7.14. The van der Waals surface area contributed by atoms with Gasteiger partial charge in [0.05, 0.1) is 4.88 Å². The van der Waals surface area contributed by atoms with E-state index in [2.05, 4.69) is 5.32 Å². The Kier molecular flexibility index (Phi) is 6.44. The maximum Gasteiger partial charge on any atom is 0.224 e. The van der Waals surface area contributed by atoms with Gasteiger partial charge >= 0.3 is 0 Å². The molecule has 0 aliphatic carbocycles. The van der Waals surface area contributed by atoms with Gasteiger partial charge in [-0.2, -0.15) is 0 Å². The van der Waals surface area contributed by atoms with E-state index in [4.69, 9.17) is 0 Å². The number of amides is 1. The minimum atomic E-state index is -0.183. The molecule has 0 saturated heterocycles. The molecule has 1 amide bonds. The summed E-state index contributed by atoms with van der Waals surface area (Å²) in [5.74, 6) is -0.250. The zero-order valence-electron chi connectivity index (χ0n) is 13.9. The van der Waals surface area contributed by atoms with Crippen LogP contribution in [-0.2, 0) is 9.59 Å². The average molecular weight is 343 g/mol. The summed E-state index contributed by atoms with van der Waals surface area (Å²) in [6.07, 6.45) is 0.694. The molecule has 0 saturated carbocycles. The Bertz CT molecular complexity index is 749. The lowest BCUT2D eigenvalue weighted by Gasteiger charge is -2.07. The SMILES string of the molecule is Cc1ccc(C(=O)CCC(=O)CCC(=O)Nc2ccccc2C)s1.